The van der Waals surface area contributed by atoms with E-state index in [1.807, 2.05) is 13.8 Å². The Morgan fingerprint density at radius 3 is 2.41 bits per heavy atom. The zero-order chi connectivity index (χ0) is 12.8. The highest BCUT2D eigenvalue weighted by Gasteiger charge is 2.46. The van der Waals surface area contributed by atoms with Crippen LogP contribution in [0.3, 0.4) is 0 Å². The molecule has 0 amide bonds. The fraction of sp³-hybridized carbons (Fsp3) is 0.500. The molecule has 1 fully saturated rings. The Morgan fingerprint density at radius 2 is 1.94 bits per heavy atom. The quantitative estimate of drug-likeness (QED) is 0.836. The molecule has 2 rings (SSSR count). The van der Waals surface area contributed by atoms with Crippen LogP contribution in [0.5, 0.6) is 0 Å². The summed E-state index contributed by atoms with van der Waals surface area (Å²) in [5.41, 5.74) is -0.360. The second-order valence-corrected chi connectivity index (χ2v) is 5.99. The average molecular weight is 308 g/mol. The van der Waals surface area contributed by atoms with Crippen LogP contribution in [-0.4, -0.2) is 6.04 Å². The molecule has 0 saturated heterocycles. The molecule has 17 heavy (non-hydrogen) atoms. The number of anilines is 1. The van der Waals surface area contributed by atoms with Crippen molar-refractivity contribution in [2.24, 2.45) is 5.41 Å². The molecule has 94 valence electrons. The SMILES string of the molecule is CC1(C)CC1Nc1ccc(Br)cc1C(F)(F)F. The fourth-order valence-electron chi connectivity index (χ4n) is 1.78. The average Bonchev–Trinajstić information content (AvgIpc) is 2.75. The van der Waals surface area contributed by atoms with Gasteiger partial charge in [-0.2, -0.15) is 13.2 Å². The molecular formula is C12H13BrF3N. The molecule has 1 aromatic rings. The van der Waals surface area contributed by atoms with Gasteiger partial charge in [-0.1, -0.05) is 29.8 Å². The standard InChI is InChI=1S/C12H13BrF3N/c1-11(2)6-10(11)17-9-4-3-7(13)5-8(9)12(14,15)16/h3-5,10,17H,6H2,1-2H3. The van der Waals surface area contributed by atoms with E-state index in [1.54, 1.807) is 6.07 Å². The first-order chi connectivity index (χ1) is 7.70. The molecule has 1 N–H and O–H groups in total. The van der Waals surface area contributed by atoms with Crippen molar-refractivity contribution in [2.45, 2.75) is 32.5 Å². The van der Waals surface area contributed by atoms with Gasteiger partial charge in [0.1, 0.15) is 0 Å². The van der Waals surface area contributed by atoms with Gasteiger partial charge in [0.05, 0.1) is 5.56 Å². The van der Waals surface area contributed by atoms with Gasteiger partial charge in [0, 0.05) is 16.2 Å². The zero-order valence-electron chi connectivity index (χ0n) is 9.53. The predicted molar refractivity (Wildman–Crippen MR) is 65.0 cm³/mol. The Hall–Kier alpha value is -0.710. The highest BCUT2D eigenvalue weighted by Crippen LogP contribution is 2.48. The Labute approximate surface area is 107 Å². The van der Waals surface area contributed by atoms with Gasteiger partial charge in [0.2, 0.25) is 0 Å². The van der Waals surface area contributed by atoms with Crippen molar-refractivity contribution < 1.29 is 13.2 Å². The minimum atomic E-state index is -4.33. The summed E-state index contributed by atoms with van der Waals surface area (Å²) in [4.78, 5) is 0. The molecule has 0 aliphatic heterocycles. The molecule has 0 bridgehead atoms. The topological polar surface area (TPSA) is 12.0 Å². The normalized spacial score (nSPS) is 22.4. The lowest BCUT2D eigenvalue weighted by Crippen LogP contribution is -2.14. The van der Waals surface area contributed by atoms with E-state index in [0.29, 0.717) is 4.47 Å². The second-order valence-electron chi connectivity index (χ2n) is 5.08. The third-order valence-electron chi connectivity index (χ3n) is 3.13. The number of benzene rings is 1. The van der Waals surface area contributed by atoms with E-state index in [-0.39, 0.29) is 17.1 Å². The first-order valence-electron chi connectivity index (χ1n) is 5.33. The van der Waals surface area contributed by atoms with Crippen molar-refractivity contribution in [3.05, 3.63) is 28.2 Å². The molecule has 1 saturated carbocycles. The van der Waals surface area contributed by atoms with Crippen LogP contribution in [0.1, 0.15) is 25.8 Å². The van der Waals surface area contributed by atoms with Crippen molar-refractivity contribution in [3.8, 4) is 0 Å². The van der Waals surface area contributed by atoms with Gasteiger partial charge in [-0.3, -0.25) is 0 Å². The summed E-state index contributed by atoms with van der Waals surface area (Å²) < 4.78 is 38.9. The highest BCUT2D eigenvalue weighted by atomic mass is 79.9. The van der Waals surface area contributed by atoms with Crippen LogP contribution in [0, 0.1) is 5.41 Å². The van der Waals surface area contributed by atoms with Crippen LogP contribution in [-0.2, 0) is 6.18 Å². The summed E-state index contributed by atoms with van der Waals surface area (Å²) >= 11 is 3.07. The number of rotatable bonds is 2. The van der Waals surface area contributed by atoms with Crippen LogP contribution in [0.15, 0.2) is 22.7 Å². The number of alkyl halides is 3. The zero-order valence-corrected chi connectivity index (χ0v) is 11.1. The first kappa shape index (κ1) is 12.7. The van der Waals surface area contributed by atoms with Gasteiger partial charge >= 0.3 is 6.18 Å². The number of hydrogen-bond donors (Lipinski definition) is 1. The van der Waals surface area contributed by atoms with Crippen molar-refractivity contribution in [3.63, 3.8) is 0 Å². The van der Waals surface area contributed by atoms with Gasteiger partial charge in [-0.25, -0.2) is 0 Å². The third kappa shape index (κ3) is 2.76. The summed E-state index contributed by atoms with van der Waals surface area (Å²) in [6.45, 7) is 4.08. The Bertz CT molecular complexity index is 440. The largest absolute Gasteiger partial charge is 0.418 e. The summed E-state index contributed by atoms with van der Waals surface area (Å²) in [6, 6.07) is 4.33. The van der Waals surface area contributed by atoms with Gasteiger partial charge < -0.3 is 5.32 Å². The maximum atomic E-state index is 12.8. The Morgan fingerprint density at radius 1 is 1.35 bits per heavy atom. The van der Waals surface area contributed by atoms with Crippen LogP contribution in [0.2, 0.25) is 0 Å². The monoisotopic (exact) mass is 307 g/mol. The number of nitrogens with one attached hydrogen (secondary N) is 1. The van der Waals surface area contributed by atoms with Crippen molar-refractivity contribution in [1.82, 2.24) is 0 Å². The van der Waals surface area contributed by atoms with Crippen molar-refractivity contribution in [1.29, 1.82) is 0 Å². The van der Waals surface area contributed by atoms with E-state index in [2.05, 4.69) is 21.2 Å². The van der Waals surface area contributed by atoms with Crippen LogP contribution < -0.4 is 5.32 Å². The molecule has 1 unspecified atom stereocenters. The summed E-state index contributed by atoms with van der Waals surface area (Å²) in [5.74, 6) is 0. The second kappa shape index (κ2) is 3.90. The molecule has 1 aromatic carbocycles. The van der Waals surface area contributed by atoms with Crippen molar-refractivity contribution in [2.75, 3.05) is 5.32 Å². The van der Waals surface area contributed by atoms with Gasteiger partial charge in [0.25, 0.3) is 0 Å². The fourth-order valence-corrected chi connectivity index (χ4v) is 2.14. The lowest BCUT2D eigenvalue weighted by atomic mass is 10.1. The van der Waals surface area contributed by atoms with E-state index in [0.717, 1.165) is 12.5 Å². The first-order valence-corrected chi connectivity index (χ1v) is 6.13. The minimum absolute atomic E-state index is 0.0932. The van der Waals surface area contributed by atoms with Crippen LogP contribution in [0.25, 0.3) is 0 Å². The van der Waals surface area contributed by atoms with E-state index >= 15 is 0 Å². The van der Waals surface area contributed by atoms with E-state index in [4.69, 9.17) is 0 Å². The Kier molecular flexibility index (Phi) is 2.92. The molecule has 0 heterocycles. The molecular weight excluding hydrogens is 295 g/mol. The maximum Gasteiger partial charge on any atom is 0.418 e. The number of halogens is 4. The van der Waals surface area contributed by atoms with Gasteiger partial charge in [0.15, 0.2) is 0 Å². The molecule has 0 spiro atoms. The molecule has 5 heteroatoms. The minimum Gasteiger partial charge on any atom is -0.381 e. The van der Waals surface area contributed by atoms with E-state index in [1.165, 1.54) is 6.07 Å². The summed E-state index contributed by atoms with van der Waals surface area (Å²) in [5, 5.41) is 2.97. The van der Waals surface area contributed by atoms with Crippen molar-refractivity contribution >= 4 is 21.6 Å². The molecule has 1 nitrogen and oxygen atoms in total. The maximum absolute atomic E-state index is 12.8. The van der Waals surface area contributed by atoms with Crippen LogP contribution in [0.4, 0.5) is 18.9 Å². The molecule has 1 aliphatic carbocycles. The molecule has 1 atom stereocenters. The lowest BCUT2D eigenvalue weighted by Gasteiger charge is -2.15. The van der Waals surface area contributed by atoms with E-state index in [9.17, 15) is 13.2 Å². The summed E-state index contributed by atoms with van der Waals surface area (Å²) in [7, 11) is 0. The molecule has 0 aromatic heterocycles. The van der Waals surface area contributed by atoms with Crippen LogP contribution >= 0.6 is 15.9 Å². The van der Waals surface area contributed by atoms with Gasteiger partial charge in [-0.05, 0) is 30.0 Å². The third-order valence-corrected chi connectivity index (χ3v) is 3.62. The highest BCUT2D eigenvalue weighted by molar-refractivity contribution is 9.10. The predicted octanol–water partition coefficient (Wildman–Crippen LogP) is 4.68. The molecule has 0 radical (unpaired) electrons. The lowest BCUT2D eigenvalue weighted by molar-refractivity contribution is -0.137. The Balaban J connectivity index is 2.28. The smallest absolute Gasteiger partial charge is 0.381 e. The van der Waals surface area contributed by atoms with E-state index < -0.39 is 11.7 Å². The molecule has 1 aliphatic rings. The van der Waals surface area contributed by atoms with Gasteiger partial charge in [-0.15, -0.1) is 0 Å². The number of hydrogen-bond acceptors (Lipinski definition) is 1. The summed E-state index contributed by atoms with van der Waals surface area (Å²) in [6.07, 6.45) is -3.43.